The van der Waals surface area contributed by atoms with E-state index in [1.165, 1.54) is 19.1 Å². The monoisotopic (exact) mass is 261 g/mol. The fraction of sp³-hybridized carbons (Fsp3) is 0.222. The van der Waals surface area contributed by atoms with E-state index in [1.807, 2.05) is 0 Å². The maximum Gasteiger partial charge on any atom is 0.258 e. The van der Waals surface area contributed by atoms with Crippen molar-refractivity contribution in [2.75, 3.05) is 0 Å². The van der Waals surface area contributed by atoms with Crippen molar-refractivity contribution in [3.63, 3.8) is 0 Å². The molecule has 3 nitrogen and oxygen atoms in total. The van der Waals surface area contributed by atoms with E-state index in [1.54, 1.807) is 6.07 Å². The van der Waals surface area contributed by atoms with E-state index < -0.39 is 17.8 Å². The number of ether oxygens (including phenoxy) is 1. The van der Waals surface area contributed by atoms with E-state index in [0.29, 0.717) is 4.47 Å². The van der Waals surface area contributed by atoms with Gasteiger partial charge in [0.2, 0.25) is 0 Å². The molecule has 0 aliphatic heterocycles. The average molecular weight is 262 g/mol. The molecule has 1 atom stereocenters. The first-order chi connectivity index (χ1) is 6.49. The molecular formula is C9H9BrFNO2. The highest BCUT2D eigenvalue weighted by molar-refractivity contribution is 9.10. The molecule has 1 amide bonds. The van der Waals surface area contributed by atoms with Crippen LogP contribution in [-0.2, 0) is 4.79 Å². The lowest BCUT2D eigenvalue weighted by molar-refractivity contribution is -0.123. The van der Waals surface area contributed by atoms with E-state index in [9.17, 15) is 9.18 Å². The number of amides is 1. The van der Waals surface area contributed by atoms with Crippen LogP contribution in [0.1, 0.15) is 6.92 Å². The van der Waals surface area contributed by atoms with Gasteiger partial charge in [-0.1, -0.05) is 15.9 Å². The number of carbonyl (C=O) groups excluding carboxylic acids is 1. The summed E-state index contributed by atoms with van der Waals surface area (Å²) in [5.74, 6) is -0.764. The van der Waals surface area contributed by atoms with E-state index in [4.69, 9.17) is 10.5 Å². The lowest BCUT2D eigenvalue weighted by Gasteiger charge is -2.11. The summed E-state index contributed by atoms with van der Waals surface area (Å²) in [4.78, 5) is 10.7. The summed E-state index contributed by atoms with van der Waals surface area (Å²) < 4.78 is 18.5. The maximum absolute atomic E-state index is 12.9. The highest BCUT2D eigenvalue weighted by Gasteiger charge is 2.10. The fourth-order valence-corrected chi connectivity index (χ4v) is 1.30. The number of carbonyl (C=O) groups is 1. The molecule has 0 radical (unpaired) electrons. The Balaban J connectivity index is 2.81. The third-order valence-corrected chi connectivity index (χ3v) is 2.01. The standard InChI is InChI=1S/C9H9BrFNO2/c1-5(9(12)13)14-8-3-6(10)2-7(11)4-8/h2-5H,1H3,(H2,12,13). The Morgan fingerprint density at radius 2 is 2.21 bits per heavy atom. The summed E-state index contributed by atoms with van der Waals surface area (Å²) in [6, 6.07) is 4.04. The van der Waals surface area contributed by atoms with Crippen LogP contribution in [0, 0.1) is 5.82 Å². The lowest BCUT2D eigenvalue weighted by atomic mass is 10.3. The summed E-state index contributed by atoms with van der Waals surface area (Å²) in [5, 5.41) is 0. The smallest absolute Gasteiger partial charge is 0.258 e. The van der Waals surface area contributed by atoms with E-state index in [2.05, 4.69) is 15.9 Å². The fourth-order valence-electron chi connectivity index (χ4n) is 0.859. The summed E-state index contributed by atoms with van der Waals surface area (Å²) >= 11 is 3.10. The Hall–Kier alpha value is -1.10. The van der Waals surface area contributed by atoms with Crippen LogP contribution in [0.15, 0.2) is 22.7 Å². The zero-order valence-corrected chi connectivity index (χ0v) is 9.05. The van der Waals surface area contributed by atoms with Crippen LogP contribution in [-0.4, -0.2) is 12.0 Å². The number of hydrogen-bond acceptors (Lipinski definition) is 2. The Morgan fingerprint density at radius 3 is 2.71 bits per heavy atom. The van der Waals surface area contributed by atoms with Crippen molar-refractivity contribution in [3.8, 4) is 5.75 Å². The third-order valence-electron chi connectivity index (χ3n) is 1.55. The molecule has 1 unspecified atom stereocenters. The molecule has 0 fully saturated rings. The lowest BCUT2D eigenvalue weighted by Crippen LogP contribution is -2.30. The zero-order valence-electron chi connectivity index (χ0n) is 7.46. The number of rotatable bonds is 3. The van der Waals surface area contributed by atoms with Crippen molar-refractivity contribution in [2.45, 2.75) is 13.0 Å². The largest absolute Gasteiger partial charge is 0.481 e. The molecule has 14 heavy (non-hydrogen) atoms. The Bertz CT molecular complexity index is 336. The van der Waals surface area contributed by atoms with Gasteiger partial charge in [0, 0.05) is 10.5 Å². The third kappa shape index (κ3) is 2.99. The minimum absolute atomic E-state index is 0.267. The molecule has 0 aliphatic carbocycles. The van der Waals surface area contributed by atoms with Crippen LogP contribution in [0.3, 0.4) is 0 Å². The van der Waals surface area contributed by atoms with Crippen molar-refractivity contribution in [1.29, 1.82) is 0 Å². The van der Waals surface area contributed by atoms with Crippen LogP contribution in [0.5, 0.6) is 5.75 Å². The SMILES string of the molecule is CC(Oc1cc(F)cc(Br)c1)C(N)=O. The summed E-state index contributed by atoms with van der Waals surface area (Å²) in [7, 11) is 0. The molecule has 0 aromatic heterocycles. The number of nitrogens with two attached hydrogens (primary N) is 1. The highest BCUT2D eigenvalue weighted by atomic mass is 79.9. The normalized spacial score (nSPS) is 12.2. The molecule has 1 rings (SSSR count). The first-order valence-electron chi connectivity index (χ1n) is 3.91. The number of halogens is 2. The molecule has 1 aromatic carbocycles. The van der Waals surface area contributed by atoms with Gasteiger partial charge in [-0.3, -0.25) is 4.79 Å². The summed E-state index contributed by atoms with van der Waals surface area (Å²) in [6.07, 6.45) is -0.774. The molecule has 0 bridgehead atoms. The maximum atomic E-state index is 12.9. The number of benzene rings is 1. The zero-order chi connectivity index (χ0) is 10.7. The van der Waals surface area contributed by atoms with Crippen molar-refractivity contribution < 1.29 is 13.9 Å². The Kier molecular flexibility index (Phi) is 3.46. The van der Waals surface area contributed by atoms with Crippen LogP contribution in [0.25, 0.3) is 0 Å². The van der Waals surface area contributed by atoms with Gasteiger partial charge < -0.3 is 10.5 Å². The highest BCUT2D eigenvalue weighted by Crippen LogP contribution is 2.21. The van der Waals surface area contributed by atoms with Gasteiger partial charge in [0.1, 0.15) is 11.6 Å². The van der Waals surface area contributed by atoms with E-state index >= 15 is 0 Å². The van der Waals surface area contributed by atoms with E-state index in [-0.39, 0.29) is 5.75 Å². The van der Waals surface area contributed by atoms with Gasteiger partial charge >= 0.3 is 0 Å². The molecule has 0 aliphatic rings. The van der Waals surface area contributed by atoms with Gasteiger partial charge in [-0.05, 0) is 19.1 Å². The average Bonchev–Trinajstić information content (AvgIpc) is 2.01. The van der Waals surface area contributed by atoms with Crippen LogP contribution < -0.4 is 10.5 Å². The van der Waals surface area contributed by atoms with Crippen LogP contribution in [0.4, 0.5) is 4.39 Å². The molecule has 76 valence electrons. The van der Waals surface area contributed by atoms with Gasteiger partial charge in [0.05, 0.1) is 0 Å². The first kappa shape index (κ1) is 11.0. The molecule has 1 aromatic rings. The second kappa shape index (κ2) is 4.41. The van der Waals surface area contributed by atoms with Gasteiger partial charge in [-0.25, -0.2) is 4.39 Å². The second-order valence-corrected chi connectivity index (χ2v) is 3.68. The van der Waals surface area contributed by atoms with Crippen molar-refractivity contribution in [2.24, 2.45) is 5.73 Å². The summed E-state index contributed by atoms with van der Waals surface area (Å²) in [5.41, 5.74) is 4.99. The molecule has 5 heteroatoms. The quantitative estimate of drug-likeness (QED) is 0.903. The van der Waals surface area contributed by atoms with Crippen LogP contribution >= 0.6 is 15.9 Å². The van der Waals surface area contributed by atoms with E-state index in [0.717, 1.165) is 0 Å². The molecule has 0 spiro atoms. The molecular weight excluding hydrogens is 253 g/mol. The number of hydrogen-bond donors (Lipinski definition) is 1. The van der Waals surface area contributed by atoms with Crippen LogP contribution in [0.2, 0.25) is 0 Å². The minimum atomic E-state index is -0.774. The van der Waals surface area contributed by atoms with Crippen molar-refractivity contribution in [3.05, 3.63) is 28.5 Å². The first-order valence-corrected chi connectivity index (χ1v) is 4.70. The molecule has 0 heterocycles. The van der Waals surface area contributed by atoms with Gasteiger partial charge in [0.25, 0.3) is 5.91 Å². The predicted molar refractivity (Wildman–Crippen MR) is 53.4 cm³/mol. The molecule has 0 saturated carbocycles. The van der Waals surface area contributed by atoms with Gasteiger partial charge in [-0.2, -0.15) is 0 Å². The molecule has 0 saturated heterocycles. The molecule has 2 N–H and O–H groups in total. The Labute approximate surface area is 89.2 Å². The van der Waals surface area contributed by atoms with Crippen molar-refractivity contribution >= 4 is 21.8 Å². The summed E-state index contributed by atoms with van der Waals surface area (Å²) in [6.45, 7) is 1.50. The van der Waals surface area contributed by atoms with Gasteiger partial charge in [0.15, 0.2) is 6.10 Å². The minimum Gasteiger partial charge on any atom is -0.481 e. The topological polar surface area (TPSA) is 52.3 Å². The van der Waals surface area contributed by atoms with Gasteiger partial charge in [-0.15, -0.1) is 0 Å². The Morgan fingerprint density at radius 1 is 1.57 bits per heavy atom. The predicted octanol–water partition coefficient (Wildman–Crippen LogP) is 1.84. The van der Waals surface area contributed by atoms with Crippen molar-refractivity contribution in [1.82, 2.24) is 0 Å². The number of primary amides is 1. The second-order valence-electron chi connectivity index (χ2n) is 2.77.